The van der Waals surface area contributed by atoms with E-state index in [-0.39, 0.29) is 18.0 Å². The summed E-state index contributed by atoms with van der Waals surface area (Å²) >= 11 is 0. The number of nitrogens with zero attached hydrogens (tertiary/aromatic N) is 3. The van der Waals surface area contributed by atoms with Crippen molar-refractivity contribution >= 4 is 23.0 Å². The second-order valence-corrected chi connectivity index (χ2v) is 5.65. The quantitative estimate of drug-likeness (QED) is 0.851. The number of carbonyl (C=O) groups is 1. The van der Waals surface area contributed by atoms with Gasteiger partial charge in [-0.2, -0.15) is 0 Å². The largest absolute Gasteiger partial charge is 0.369 e. The van der Waals surface area contributed by atoms with Gasteiger partial charge in [-0.05, 0) is 39.3 Å². The number of hydrogen-bond acceptors (Lipinski definition) is 4. The molecule has 0 aromatic carbocycles. The lowest BCUT2D eigenvalue weighted by atomic mass is 10.1. The molecule has 0 spiro atoms. The fourth-order valence-corrected chi connectivity index (χ4v) is 1.91. The molecule has 0 saturated carbocycles. The van der Waals surface area contributed by atoms with E-state index in [0.717, 1.165) is 11.1 Å². The van der Waals surface area contributed by atoms with Crippen LogP contribution in [0.15, 0.2) is 12.3 Å². The highest BCUT2D eigenvalue weighted by Crippen LogP contribution is 2.18. The molecule has 102 valence electrons. The number of rotatable bonds is 2. The van der Waals surface area contributed by atoms with Gasteiger partial charge in [-0.15, -0.1) is 0 Å². The molecule has 0 unspecified atom stereocenters. The highest BCUT2D eigenvalue weighted by atomic mass is 16.2. The SMILES string of the molecule is Cc1ccnc2c1nc(N)n2CC(=O)NC(C)(C)C. The summed E-state index contributed by atoms with van der Waals surface area (Å²) in [6.45, 7) is 7.86. The van der Waals surface area contributed by atoms with E-state index < -0.39 is 0 Å². The predicted molar refractivity (Wildman–Crippen MR) is 74.6 cm³/mol. The monoisotopic (exact) mass is 261 g/mol. The van der Waals surface area contributed by atoms with Crippen LogP contribution in [0.25, 0.3) is 11.2 Å². The Hall–Kier alpha value is -2.11. The minimum Gasteiger partial charge on any atom is -0.369 e. The number of hydrogen-bond donors (Lipinski definition) is 2. The molecule has 2 aromatic rings. The smallest absolute Gasteiger partial charge is 0.240 e. The Morgan fingerprint density at radius 2 is 2.16 bits per heavy atom. The zero-order valence-electron chi connectivity index (χ0n) is 11.7. The van der Waals surface area contributed by atoms with E-state index in [2.05, 4.69) is 15.3 Å². The molecule has 0 aliphatic carbocycles. The maximum atomic E-state index is 12.0. The maximum absolute atomic E-state index is 12.0. The molecular formula is C13H19N5O. The van der Waals surface area contributed by atoms with Crippen LogP contribution in [0, 0.1) is 6.92 Å². The number of pyridine rings is 1. The molecule has 0 aliphatic rings. The van der Waals surface area contributed by atoms with Gasteiger partial charge < -0.3 is 11.1 Å². The fourth-order valence-electron chi connectivity index (χ4n) is 1.91. The number of anilines is 1. The first-order valence-corrected chi connectivity index (χ1v) is 6.16. The second-order valence-electron chi connectivity index (χ2n) is 5.65. The van der Waals surface area contributed by atoms with Crippen molar-refractivity contribution in [1.29, 1.82) is 0 Å². The average molecular weight is 261 g/mol. The van der Waals surface area contributed by atoms with E-state index in [4.69, 9.17) is 5.73 Å². The molecule has 6 heteroatoms. The summed E-state index contributed by atoms with van der Waals surface area (Å²) in [5.74, 6) is 0.197. The Morgan fingerprint density at radius 3 is 2.79 bits per heavy atom. The van der Waals surface area contributed by atoms with Crippen LogP contribution >= 0.6 is 0 Å². The zero-order valence-corrected chi connectivity index (χ0v) is 11.7. The molecule has 19 heavy (non-hydrogen) atoms. The number of aryl methyl sites for hydroxylation is 1. The van der Waals surface area contributed by atoms with Crippen LogP contribution in [0.2, 0.25) is 0 Å². The number of nitrogens with one attached hydrogen (secondary N) is 1. The number of aromatic nitrogens is 3. The highest BCUT2D eigenvalue weighted by molar-refractivity contribution is 5.82. The Morgan fingerprint density at radius 1 is 1.47 bits per heavy atom. The summed E-state index contributed by atoms with van der Waals surface area (Å²) in [7, 11) is 0. The topological polar surface area (TPSA) is 85.8 Å². The van der Waals surface area contributed by atoms with Gasteiger partial charge in [-0.3, -0.25) is 9.36 Å². The van der Waals surface area contributed by atoms with Crippen molar-refractivity contribution in [2.24, 2.45) is 0 Å². The Bertz CT molecular complexity index is 624. The molecule has 6 nitrogen and oxygen atoms in total. The number of nitrogens with two attached hydrogens (primary N) is 1. The van der Waals surface area contributed by atoms with Gasteiger partial charge in [0.1, 0.15) is 12.1 Å². The van der Waals surface area contributed by atoms with E-state index >= 15 is 0 Å². The summed E-state index contributed by atoms with van der Waals surface area (Å²) in [5, 5.41) is 2.89. The van der Waals surface area contributed by atoms with E-state index in [1.807, 2.05) is 33.8 Å². The molecule has 0 atom stereocenters. The zero-order chi connectivity index (χ0) is 14.2. The van der Waals surface area contributed by atoms with Crippen molar-refractivity contribution in [3.8, 4) is 0 Å². The summed E-state index contributed by atoms with van der Waals surface area (Å²) in [6, 6.07) is 1.87. The molecule has 0 aliphatic heterocycles. The van der Waals surface area contributed by atoms with Crippen LogP contribution in [0.5, 0.6) is 0 Å². The number of amides is 1. The summed E-state index contributed by atoms with van der Waals surface area (Å²) in [5.41, 5.74) is 7.97. The third-order valence-corrected chi connectivity index (χ3v) is 2.68. The Balaban J connectivity index is 2.33. The lowest BCUT2D eigenvalue weighted by molar-refractivity contribution is -0.123. The standard InChI is InChI=1S/C13H19N5O/c1-8-5-6-15-11-10(8)16-12(14)18(11)7-9(19)17-13(2,3)4/h5-6H,7H2,1-4H3,(H2,14,16)(H,17,19). The van der Waals surface area contributed by atoms with Crippen LogP contribution in [0.3, 0.4) is 0 Å². The highest BCUT2D eigenvalue weighted by Gasteiger charge is 2.17. The number of carbonyl (C=O) groups excluding carboxylic acids is 1. The first kappa shape index (κ1) is 13.3. The molecule has 3 N–H and O–H groups in total. The number of fused-ring (bicyclic) bond motifs is 1. The molecular weight excluding hydrogens is 242 g/mol. The summed E-state index contributed by atoms with van der Waals surface area (Å²) < 4.78 is 1.63. The molecule has 1 amide bonds. The molecule has 0 saturated heterocycles. The van der Waals surface area contributed by atoms with Crippen LogP contribution in [0.1, 0.15) is 26.3 Å². The van der Waals surface area contributed by atoms with Gasteiger partial charge in [0.25, 0.3) is 0 Å². The van der Waals surface area contributed by atoms with Crippen molar-refractivity contribution in [1.82, 2.24) is 19.9 Å². The molecule has 0 radical (unpaired) electrons. The minimum atomic E-state index is -0.272. The van der Waals surface area contributed by atoms with Crippen molar-refractivity contribution in [3.05, 3.63) is 17.8 Å². The van der Waals surface area contributed by atoms with Gasteiger partial charge in [-0.1, -0.05) is 0 Å². The molecule has 2 rings (SSSR count). The normalized spacial score (nSPS) is 11.8. The van der Waals surface area contributed by atoms with Crippen molar-refractivity contribution < 1.29 is 4.79 Å². The van der Waals surface area contributed by atoms with E-state index in [0.29, 0.717) is 11.6 Å². The third kappa shape index (κ3) is 2.83. The maximum Gasteiger partial charge on any atom is 0.240 e. The number of imidazole rings is 1. The summed E-state index contributed by atoms with van der Waals surface area (Å²) in [4.78, 5) is 20.5. The van der Waals surface area contributed by atoms with Crippen molar-refractivity contribution in [3.63, 3.8) is 0 Å². The minimum absolute atomic E-state index is 0.109. The van der Waals surface area contributed by atoms with Gasteiger partial charge in [0.2, 0.25) is 11.9 Å². The van der Waals surface area contributed by atoms with Crippen LogP contribution in [-0.2, 0) is 11.3 Å². The lowest BCUT2D eigenvalue weighted by Crippen LogP contribution is -2.42. The Kier molecular flexibility index (Phi) is 3.18. The Labute approximate surface area is 112 Å². The molecule has 2 heterocycles. The predicted octanol–water partition coefficient (Wildman–Crippen LogP) is 1.24. The van der Waals surface area contributed by atoms with E-state index in [1.165, 1.54) is 0 Å². The fraction of sp³-hybridized carbons (Fsp3) is 0.462. The van der Waals surface area contributed by atoms with Gasteiger partial charge in [0.15, 0.2) is 5.65 Å². The first-order valence-electron chi connectivity index (χ1n) is 6.16. The lowest BCUT2D eigenvalue weighted by Gasteiger charge is -2.20. The van der Waals surface area contributed by atoms with Gasteiger partial charge in [0.05, 0.1) is 0 Å². The summed E-state index contributed by atoms with van der Waals surface area (Å²) in [6.07, 6.45) is 1.69. The van der Waals surface area contributed by atoms with E-state index in [1.54, 1.807) is 10.8 Å². The van der Waals surface area contributed by atoms with Crippen LogP contribution in [0.4, 0.5) is 5.95 Å². The van der Waals surface area contributed by atoms with Crippen molar-refractivity contribution in [2.45, 2.75) is 39.8 Å². The molecule has 2 aromatic heterocycles. The van der Waals surface area contributed by atoms with Gasteiger partial charge in [-0.25, -0.2) is 9.97 Å². The molecule has 0 bridgehead atoms. The first-order chi connectivity index (χ1) is 8.78. The second kappa shape index (κ2) is 4.53. The third-order valence-electron chi connectivity index (χ3n) is 2.68. The van der Waals surface area contributed by atoms with Gasteiger partial charge in [0, 0.05) is 11.7 Å². The van der Waals surface area contributed by atoms with Gasteiger partial charge >= 0.3 is 0 Å². The molecule has 0 fully saturated rings. The number of nitrogen functional groups attached to an aromatic ring is 1. The van der Waals surface area contributed by atoms with E-state index in [9.17, 15) is 4.79 Å². The van der Waals surface area contributed by atoms with Crippen LogP contribution < -0.4 is 11.1 Å². The van der Waals surface area contributed by atoms with Crippen LogP contribution in [-0.4, -0.2) is 26.0 Å². The van der Waals surface area contributed by atoms with Crippen molar-refractivity contribution in [2.75, 3.05) is 5.73 Å². The average Bonchev–Trinajstić information content (AvgIpc) is 2.55.